The van der Waals surface area contributed by atoms with Gasteiger partial charge in [-0.2, -0.15) is 0 Å². The Morgan fingerprint density at radius 2 is 1.64 bits per heavy atom. The zero-order valence-corrected chi connectivity index (χ0v) is 15.9. The first kappa shape index (κ1) is 18.0. The van der Waals surface area contributed by atoms with Crippen LogP contribution in [-0.2, 0) is 16.1 Å². The quantitative estimate of drug-likeness (QED) is 0.289. The summed E-state index contributed by atoms with van der Waals surface area (Å²) in [5.74, 6) is -0.907. The first-order valence-electron chi connectivity index (χ1n) is 9.43. The highest BCUT2D eigenvalue weighted by Crippen LogP contribution is 2.30. The molecule has 0 atom stereocenters. The molecule has 0 fully saturated rings. The molecule has 0 aliphatic carbocycles. The number of nitrogens with zero attached hydrogens (tertiary/aromatic N) is 3. The highest BCUT2D eigenvalue weighted by Gasteiger charge is 2.30. The number of hydrogen-bond acceptors (Lipinski definition) is 4. The molecule has 2 heterocycles. The predicted molar refractivity (Wildman–Crippen MR) is 107 cm³/mol. The van der Waals surface area contributed by atoms with Crippen molar-refractivity contribution in [2.75, 3.05) is 6.61 Å². The van der Waals surface area contributed by atoms with Gasteiger partial charge in [-0.15, -0.1) is 0 Å². The van der Waals surface area contributed by atoms with Crippen molar-refractivity contribution in [2.24, 2.45) is 0 Å². The van der Waals surface area contributed by atoms with Gasteiger partial charge in [0.1, 0.15) is 11.4 Å². The van der Waals surface area contributed by atoms with E-state index in [1.807, 2.05) is 54.6 Å². The van der Waals surface area contributed by atoms with Crippen molar-refractivity contribution < 1.29 is 14.3 Å². The van der Waals surface area contributed by atoms with Gasteiger partial charge in [0.05, 0.1) is 17.6 Å². The molecule has 0 amide bonds. The van der Waals surface area contributed by atoms with Crippen LogP contribution in [0.15, 0.2) is 54.6 Å². The number of Topliss-reactive ketones (excluding diaryl/α,β-unsaturated/α-hetero) is 1. The van der Waals surface area contributed by atoms with E-state index in [-0.39, 0.29) is 12.3 Å². The van der Waals surface area contributed by atoms with Crippen LogP contribution in [0.4, 0.5) is 0 Å². The summed E-state index contributed by atoms with van der Waals surface area (Å²) in [5, 5.41) is 0. The van der Waals surface area contributed by atoms with Crippen LogP contribution in [-0.4, -0.2) is 32.3 Å². The van der Waals surface area contributed by atoms with Gasteiger partial charge in [0, 0.05) is 12.1 Å². The predicted octanol–water partition coefficient (Wildman–Crippen LogP) is 4.11. The molecule has 0 bridgehead atoms. The molecule has 0 N–H and O–H groups in total. The molecule has 4 rings (SSSR count). The number of benzene rings is 2. The molecule has 142 valence electrons. The lowest BCUT2D eigenvalue weighted by atomic mass is 10.1. The SMILES string of the molecule is CCCn1c2ccccc2n2c(C(=O)C(=O)OCC)c(-c3ccccc3)nc12. The molecular weight excluding hydrogens is 354 g/mol. The van der Waals surface area contributed by atoms with E-state index < -0.39 is 11.8 Å². The molecule has 2 aromatic carbocycles. The van der Waals surface area contributed by atoms with Gasteiger partial charge in [0.2, 0.25) is 5.78 Å². The molecule has 0 aliphatic rings. The number of ether oxygens (including phenoxy) is 1. The summed E-state index contributed by atoms with van der Waals surface area (Å²) in [7, 11) is 0. The van der Waals surface area contributed by atoms with Crippen molar-refractivity contribution in [3.05, 3.63) is 60.3 Å². The standard InChI is InChI=1S/C22H21N3O3/c1-3-14-24-16-12-8-9-13-17(16)25-19(20(26)21(27)28-4-2)18(23-22(24)25)15-10-6-5-7-11-15/h5-13H,3-4,14H2,1-2H3. The molecule has 6 nitrogen and oxygen atoms in total. The average molecular weight is 375 g/mol. The number of imidazole rings is 2. The maximum absolute atomic E-state index is 13.1. The Morgan fingerprint density at radius 3 is 2.32 bits per heavy atom. The molecule has 4 aromatic rings. The van der Waals surface area contributed by atoms with E-state index in [9.17, 15) is 9.59 Å². The van der Waals surface area contributed by atoms with E-state index >= 15 is 0 Å². The van der Waals surface area contributed by atoms with Crippen LogP contribution in [0.5, 0.6) is 0 Å². The molecule has 0 aliphatic heterocycles. The summed E-state index contributed by atoms with van der Waals surface area (Å²) >= 11 is 0. The Kier molecular flexibility index (Phi) is 4.69. The monoisotopic (exact) mass is 375 g/mol. The van der Waals surface area contributed by atoms with Crippen LogP contribution < -0.4 is 0 Å². The van der Waals surface area contributed by atoms with Crippen molar-refractivity contribution in [1.29, 1.82) is 0 Å². The minimum atomic E-state index is -0.867. The fraction of sp³-hybridized carbons (Fsp3) is 0.227. The maximum Gasteiger partial charge on any atom is 0.381 e. The number of fused-ring (bicyclic) bond motifs is 3. The molecule has 2 aromatic heterocycles. The summed E-state index contributed by atoms with van der Waals surface area (Å²) in [6.45, 7) is 4.68. The second kappa shape index (κ2) is 7.31. The van der Waals surface area contributed by atoms with E-state index in [0.29, 0.717) is 11.5 Å². The normalized spacial score (nSPS) is 11.2. The first-order valence-corrected chi connectivity index (χ1v) is 9.43. The number of aryl methyl sites for hydroxylation is 1. The number of esters is 1. The van der Waals surface area contributed by atoms with Crippen molar-refractivity contribution >= 4 is 28.6 Å². The minimum Gasteiger partial charge on any atom is -0.460 e. The van der Waals surface area contributed by atoms with Crippen molar-refractivity contribution in [2.45, 2.75) is 26.8 Å². The third kappa shape index (κ3) is 2.78. The van der Waals surface area contributed by atoms with E-state index in [4.69, 9.17) is 9.72 Å². The van der Waals surface area contributed by atoms with E-state index in [2.05, 4.69) is 11.5 Å². The molecule has 6 heteroatoms. The summed E-state index contributed by atoms with van der Waals surface area (Å²) in [6, 6.07) is 17.3. The van der Waals surface area contributed by atoms with Crippen molar-refractivity contribution in [3.8, 4) is 11.3 Å². The van der Waals surface area contributed by atoms with E-state index in [1.54, 1.807) is 11.3 Å². The van der Waals surface area contributed by atoms with Gasteiger partial charge in [0.15, 0.2) is 0 Å². The summed E-state index contributed by atoms with van der Waals surface area (Å²) in [4.78, 5) is 30.2. The Bertz CT molecular complexity index is 1170. The summed E-state index contributed by atoms with van der Waals surface area (Å²) in [5.41, 5.74) is 3.33. The zero-order chi connectivity index (χ0) is 19.7. The lowest BCUT2D eigenvalue weighted by molar-refractivity contribution is -0.137. The van der Waals surface area contributed by atoms with Gasteiger partial charge in [-0.25, -0.2) is 9.78 Å². The number of carbonyl (C=O) groups is 2. The van der Waals surface area contributed by atoms with Crippen LogP contribution in [0.3, 0.4) is 0 Å². The van der Waals surface area contributed by atoms with E-state index in [0.717, 1.165) is 29.6 Å². The first-order chi connectivity index (χ1) is 13.7. The maximum atomic E-state index is 13.1. The topological polar surface area (TPSA) is 65.6 Å². The smallest absolute Gasteiger partial charge is 0.381 e. The largest absolute Gasteiger partial charge is 0.460 e. The van der Waals surface area contributed by atoms with Gasteiger partial charge in [-0.1, -0.05) is 49.4 Å². The number of hydrogen-bond donors (Lipinski definition) is 0. The molecule has 0 saturated heterocycles. The lowest BCUT2D eigenvalue weighted by Crippen LogP contribution is -2.20. The highest BCUT2D eigenvalue weighted by molar-refractivity contribution is 6.41. The number of aromatic nitrogens is 3. The lowest BCUT2D eigenvalue weighted by Gasteiger charge is -2.05. The third-order valence-electron chi connectivity index (χ3n) is 4.68. The Balaban J connectivity index is 2.09. The highest BCUT2D eigenvalue weighted by atomic mass is 16.5. The average Bonchev–Trinajstić information content (AvgIpc) is 3.25. The molecule has 0 radical (unpaired) electrons. The summed E-state index contributed by atoms with van der Waals surface area (Å²) < 4.78 is 8.87. The Hall–Kier alpha value is -3.41. The van der Waals surface area contributed by atoms with Crippen molar-refractivity contribution in [1.82, 2.24) is 14.0 Å². The van der Waals surface area contributed by atoms with Gasteiger partial charge in [-0.3, -0.25) is 9.20 Å². The van der Waals surface area contributed by atoms with Gasteiger partial charge < -0.3 is 9.30 Å². The number of ketones is 1. The second-order valence-corrected chi connectivity index (χ2v) is 6.50. The Labute approximate surface area is 162 Å². The Morgan fingerprint density at radius 1 is 0.964 bits per heavy atom. The molecule has 0 saturated carbocycles. The molecule has 28 heavy (non-hydrogen) atoms. The van der Waals surface area contributed by atoms with Gasteiger partial charge >= 0.3 is 5.97 Å². The zero-order valence-electron chi connectivity index (χ0n) is 15.9. The van der Waals surface area contributed by atoms with E-state index in [1.165, 1.54) is 0 Å². The van der Waals surface area contributed by atoms with Crippen LogP contribution in [0.25, 0.3) is 28.1 Å². The number of carbonyl (C=O) groups excluding carboxylic acids is 2. The van der Waals surface area contributed by atoms with Gasteiger partial charge in [-0.05, 0) is 25.5 Å². The van der Waals surface area contributed by atoms with Crippen LogP contribution >= 0.6 is 0 Å². The van der Waals surface area contributed by atoms with Crippen LogP contribution in [0.1, 0.15) is 30.8 Å². The summed E-state index contributed by atoms with van der Waals surface area (Å²) in [6.07, 6.45) is 0.920. The van der Waals surface area contributed by atoms with Crippen molar-refractivity contribution in [3.63, 3.8) is 0 Å². The molecule has 0 spiro atoms. The fourth-order valence-electron chi connectivity index (χ4n) is 3.55. The van der Waals surface area contributed by atoms with Crippen LogP contribution in [0, 0.1) is 0 Å². The minimum absolute atomic E-state index is 0.144. The van der Waals surface area contributed by atoms with Crippen LogP contribution in [0.2, 0.25) is 0 Å². The fourth-order valence-corrected chi connectivity index (χ4v) is 3.55. The number of rotatable bonds is 6. The molecular formula is C22H21N3O3. The second-order valence-electron chi connectivity index (χ2n) is 6.50. The molecule has 0 unspecified atom stereocenters. The van der Waals surface area contributed by atoms with Gasteiger partial charge in [0.25, 0.3) is 5.78 Å². The third-order valence-corrected chi connectivity index (χ3v) is 4.68. The number of para-hydroxylation sites is 2.